The molecule has 0 aromatic heterocycles. The summed E-state index contributed by atoms with van der Waals surface area (Å²) in [6, 6.07) is 0. The maximum atomic E-state index is 10.4. The lowest BCUT2D eigenvalue weighted by Gasteiger charge is -2.44. The van der Waals surface area contributed by atoms with E-state index in [2.05, 4.69) is 20.8 Å². The van der Waals surface area contributed by atoms with Gasteiger partial charge in [0.2, 0.25) is 0 Å². The van der Waals surface area contributed by atoms with Gasteiger partial charge < -0.3 is 5.11 Å². The Morgan fingerprint density at radius 1 is 1.00 bits per heavy atom. The summed E-state index contributed by atoms with van der Waals surface area (Å²) in [4.78, 5) is 0. The van der Waals surface area contributed by atoms with Gasteiger partial charge in [-0.2, -0.15) is 0 Å². The summed E-state index contributed by atoms with van der Waals surface area (Å²) in [7, 11) is 0. The van der Waals surface area contributed by atoms with Gasteiger partial charge in [0.15, 0.2) is 0 Å². The molecule has 0 aromatic carbocycles. The molecule has 2 rings (SSSR count). The van der Waals surface area contributed by atoms with Gasteiger partial charge in [0, 0.05) is 0 Å². The lowest BCUT2D eigenvalue weighted by molar-refractivity contribution is -0.0196. The quantitative estimate of drug-likeness (QED) is 0.776. The van der Waals surface area contributed by atoms with E-state index in [0.717, 1.165) is 30.1 Å². The fraction of sp³-hybridized carbons (Fsp3) is 1.00. The third kappa shape index (κ3) is 3.10. The average molecular weight is 252 g/mol. The van der Waals surface area contributed by atoms with Crippen LogP contribution in [0.2, 0.25) is 0 Å². The van der Waals surface area contributed by atoms with Crippen LogP contribution < -0.4 is 0 Å². The molecule has 0 aliphatic heterocycles. The maximum absolute atomic E-state index is 10.4. The molecule has 0 heterocycles. The van der Waals surface area contributed by atoms with Gasteiger partial charge in [0.05, 0.1) is 6.10 Å². The van der Waals surface area contributed by atoms with E-state index >= 15 is 0 Å². The highest BCUT2D eigenvalue weighted by atomic mass is 16.3. The Hall–Kier alpha value is -0.0400. The van der Waals surface area contributed by atoms with Gasteiger partial charge in [-0.05, 0) is 55.3 Å². The van der Waals surface area contributed by atoms with Crippen molar-refractivity contribution in [3.05, 3.63) is 0 Å². The molecular weight excluding hydrogens is 220 g/mol. The van der Waals surface area contributed by atoms with Gasteiger partial charge in [-0.15, -0.1) is 0 Å². The molecule has 0 amide bonds. The summed E-state index contributed by atoms with van der Waals surface area (Å²) in [5.74, 6) is 3.97. The number of aliphatic hydroxyl groups excluding tert-OH is 1. The molecule has 0 aromatic rings. The van der Waals surface area contributed by atoms with Gasteiger partial charge >= 0.3 is 0 Å². The first-order valence-electron chi connectivity index (χ1n) is 8.31. The zero-order valence-electron chi connectivity index (χ0n) is 12.6. The Labute approximate surface area is 113 Å². The van der Waals surface area contributed by atoms with Crippen molar-refractivity contribution < 1.29 is 5.11 Å². The second kappa shape index (κ2) is 6.41. The van der Waals surface area contributed by atoms with E-state index in [9.17, 15) is 5.11 Å². The third-order valence-electron chi connectivity index (χ3n) is 5.89. The standard InChI is InChI=1S/C17H32O/c1-4-13-7-5-6-8-15(13)16-11-14(12(2)3)9-10-17(16)18/h12-18H,4-11H2,1-3H3. The molecule has 2 aliphatic carbocycles. The van der Waals surface area contributed by atoms with Gasteiger partial charge in [-0.1, -0.05) is 46.5 Å². The van der Waals surface area contributed by atoms with Gasteiger partial charge in [0.1, 0.15) is 0 Å². The van der Waals surface area contributed by atoms with Crippen LogP contribution in [0.5, 0.6) is 0 Å². The topological polar surface area (TPSA) is 20.2 Å². The second-order valence-electron chi connectivity index (χ2n) is 7.16. The van der Waals surface area contributed by atoms with Crippen molar-refractivity contribution in [2.24, 2.45) is 29.6 Å². The van der Waals surface area contributed by atoms with Crippen molar-refractivity contribution in [1.82, 2.24) is 0 Å². The lowest BCUT2D eigenvalue weighted by atomic mass is 9.63. The van der Waals surface area contributed by atoms with Crippen LogP contribution in [0.1, 0.15) is 72.1 Å². The van der Waals surface area contributed by atoms with Crippen LogP contribution in [0.25, 0.3) is 0 Å². The predicted octanol–water partition coefficient (Wildman–Crippen LogP) is 4.64. The summed E-state index contributed by atoms with van der Waals surface area (Å²) in [5, 5.41) is 10.4. The van der Waals surface area contributed by atoms with Gasteiger partial charge in [0.25, 0.3) is 0 Å². The minimum absolute atomic E-state index is 0.00264. The molecular formula is C17H32O. The Morgan fingerprint density at radius 2 is 1.72 bits per heavy atom. The van der Waals surface area contributed by atoms with Crippen LogP contribution in [0.4, 0.5) is 0 Å². The molecule has 1 nitrogen and oxygen atoms in total. The molecule has 2 saturated carbocycles. The molecule has 5 atom stereocenters. The molecule has 2 aliphatic rings. The van der Waals surface area contributed by atoms with Crippen molar-refractivity contribution in [2.45, 2.75) is 78.2 Å². The minimum Gasteiger partial charge on any atom is -0.393 e. The van der Waals surface area contributed by atoms with Crippen LogP contribution in [0.15, 0.2) is 0 Å². The predicted molar refractivity (Wildman–Crippen MR) is 77.4 cm³/mol. The van der Waals surface area contributed by atoms with Crippen molar-refractivity contribution in [1.29, 1.82) is 0 Å². The Bertz CT molecular complexity index is 248. The fourth-order valence-electron chi connectivity index (χ4n) is 4.60. The van der Waals surface area contributed by atoms with Crippen molar-refractivity contribution in [2.75, 3.05) is 0 Å². The zero-order chi connectivity index (χ0) is 13.1. The van der Waals surface area contributed by atoms with Crippen LogP contribution in [-0.2, 0) is 0 Å². The van der Waals surface area contributed by atoms with Crippen LogP contribution in [-0.4, -0.2) is 11.2 Å². The van der Waals surface area contributed by atoms with Crippen LogP contribution in [0.3, 0.4) is 0 Å². The molecule has 5 unspecified atom stereocenters. The molecule has 2 fully saturated rings. The van der Waals surface area contributed by atoms with Crippen molar-refractivity contribution >= 4 is 0 Å². The summed E-state index contributed by atoms with van der Waals surface area (Å²) < 4.78 is 0. The number of rotatable bonds is 3. The normalized spacial score (nSPS) is 42.2. The molecule has 18 heavy (non-hydrogen) atoms. The van der Waals surface area contributed by atoms with E-state index in [0.29, 0.717) is 5.92 Å². The van der Waals surface area contributed by atoms with E-state index in [1.165, 1.54) is 44.9 Å². The fourth-order valence-corrected chi connectivity index (χ4v) is 4.60. The van der Waals surface area contributed by atoms with E-state index in [1.807, 2.05) is 0 Å². The first-order valence-corrected chi connectivity index (χ1v) is 8.31. The SMILES string of the molecule is CCC1CCCCC1C1CC(C(C)C)CCC1O. The molecule has 0 spiro atoms. The van der Waals surface area contributed by atoms with Gasteiger partial charge in [-0.3, -0.25) is 0 Å². The Balaban J connectivity index is 2.03. The lowest BCUT2D eigenvalue weighted by Crippen LogP contribution is -2.39. The molecule has 0 radical (unpaired) electrons. The smallest absolute Gasteiger partial charge is 0.0571 e. The first-order chi connectivity index (χ1) is 8.63. The summed E-state index contributed by atoms with van der Waals surface area (Å²) in [6.07, 6.45) is 10.5. The van der Waals surface area contributed by atoms with Crippen LogP contribution >= 0.6 is 0 Å². The molecule has 0 bridgehead atoms. The first kappa shape index (κ1) is 14.4. The van der Waals surface area contributed by atoms with Crippen molar-refractivity contribution in [3.8, 4) is 0 Å². The van der Waals surface area contributed by atoms with E-state index in [1.54, 1.807) is 0 Å². The highest BCUT2D eigenvalue weighted by molar-refractivity contribution is 4.89. The molecule has 0 saturated heterocycles. The second-order valence-corrected chi connectivity index (χ2v) is 7.16. The number of hydrogen-bond donors (Lipinski definition) is 1. The van der Waals surface area contributed by atoms with Gasteiger partial charge in [-0.25, -0.2) is 0 Å². The summed E-state index contributed by atoms with van der Waals surface area (Å²) in [5.41, 5.74) is 0. The largest absolute Gasteiger partial charge is 0.393 e. The summed E-state index contributed by atoms with van der Waals surface area (Å²) in [6.45, 7) is 7.06. The summed E-state index contributed by atoms with van der Waals surface area (Å²) >= 11 is 0. The third-order valence-corrected chi connectivity index (χ3v) is 5.89. The zero-order valence-corrected chi connectivity index (χ0v) is 12.6. The highest BCUT2D eigenvalue weighted by Gasteiger charge is 2.39. The van der Waals surface area contributed by atoms with E-state index < -0.39 is 0 Å². The van der Waals surface area contributed by atoms with Crippen LogP contribution in [0, 0.1) is 29.6 Å². The average Bonchev–Trinajstić information content (AvgIpc) is 2.39. The molecule has 1 N–H and O–H groups in total. The Kier molecular flexibility index (Phi) is 5.12. The number of aliphatic hydroxyl groups is 1. The van der Waals surface area contributed by atoms with E-state index in [4.69, 9.17) is 0 Å². The highest BCUT2D eigenvalue weighted by Crippen LogP contribution is 2.45. The molecule has 1 heteroatoms. The van der Waals surface area contributed by atoms with Crippen molar-refractivity contribution in [3.63, 3.8) is 0 Å². The molecule has 106 valence electrons. The Morgan fingerprint density at radius 3 is 2.39 bits per heavy atom. The maximum Gasteiger partial charge on any atom is 0.0571 e. The van der Waals surface area contributed by atoms with E-state index in [-0.39, 0.29) is 6.10 Å². The number of hydrogen-bond acceptors (Lipinski definition) is 1. The minimum atomic E-state index is -0.00264. The monoisotopic (exact) mass is 252 g/mol.